The van der Waals surface area contributed by atoms with E-state index in [0.29, 0.717) is 97.2 Å². The highest BCUT2D eigenvalue weighted by atomic mass is 79.9. The maximum atomic E-state index is 15.2. The van der Waals surface area contributed by atoms with Crippen LogP contribution in [0.4, 0.5) is 5.69 Å². The summed E-state index contributed by atoms with van der Waals surface area (Å²) < 4.78 is 67.4. The van der Waals surface area contributed by atoms with Crippen molar-refractivity contribution >= 4 is 92.0 Å². The molecule has 13 N–H and O–H groups in total. The fourth-order valence-electron chi connectivity index (χ4n) is 19.5. The molecule has 1 saturated carbocycles. The minimum atomic E-state index is -2.17. The number of para-hydroxylation sites is 1. The molecule has 2 aromatic carbocycles. The Labute approximate surface area is 830 Å². The van der Waals surface area contributed by atoms with Crippen LogP contribution in [0.5, 0.6) is 0 Å². The van der Waals surface area contributed by atoms with Gasteiger partial charge in [0.15, 0.2) is 36.5 Å². The van der Waals surface area contributed by atoms with Gasteiger partial charge in [0.1, 0.15) is 32.0 Å². The van der Waals surface area contributed by atoms with Crippen LogP contribution in [0.2, 0.25) is 0 Å². The van der Waals surface area contributed by atoms with Crippen LogP contribution in [-0.2, 0) is 132 Å². The highest BCUT2D eigenvalue weighted by molar-refractivity contribution is 9.09. The number of hydrogen-bond donors (Lipinski definition) is 13. The number of amides is 3. The number of aryl methyl sites for hydroxylation is 1. The summed E-state index contributed by atoms with van der Waals surface area (Å²) in [4.78, 5) is 136. The van der Waals surface area contributed by atoms with Crippen molar-refractivity contribution in [3.05, 3.63) is 76.5 Å². The van der Waals surface area contributed by atoms with Crippen molar-refractivity contribution in [3.63, 3.8) is 0 Å². The number of benzene rings is 2. The molecule has 19 atom stereocenters. The number of aliphatic hydroxyl groups excluding tert-OH is 6. The third-order valence-corrected chi connectivity index (χ3v) is 27.4. The predicted octanol–water partition coefficient (Wildman–Crippen LogP) is 5.46. The molecule has 41 heteroatoms. The Balaban J connectivity index is 0.000000452. The standard InChI is InChI=1S/C61H87N5O12.C19H35BrN2O8.C11H20O7.C7H16O4.CO2/c1-9-41(35-67)78-51(75-8)36-77-50(70)22-16-21-49(69)62-39(5)53(71)76-29-15-14-20-48(68)61(74)55-60(25-28-66-26-17-24-59(11-3,54(60)66)56(61)72)45-31-44(38(4)30-47(45)64(55)7)57(6)32-40-33-58(73,10-2)37-65(34-40)27-23-43-42-18-12-13-19-46(42)63-52(43)57;1-3-15(13-23)30-19(27-2)14-29-18(26)7-6-16(24)21-8-4-10-28-11-5-9-22-17(25)12-20;1-3-8(6-12)18-11(16-2)7-17-10(15)5-4-9(13)14;1-3-6(4-8)11-7(5-9)10-2;2-1-3/h12-13,17-19,24,30-31,39-41,51,54-56,63,67,72-74H,9-11,14-16,20-23,25-29,32-37H2,1-8H3,(H,62,69);15,19,23H,3-14H2,1-2H3,(H,21,24)(H,22,25);8,11-12H,3-7H2,1-2H3,(H,13,14);6-9H,3-5H2,1-2H3;/t39?,40?,41?,51?,54?,55?,56-,57-,58?,59-,60-,61+;;;;/m1..../s1. The van der Waals surface area contributed by atoms with Gasteiger partial charge < -0.3 is 133 Å². The summed E-state index contributed by atoms with van der Waals surface area (Å²) in [7, 11) is 7.65. The van der Waals surface area contributed by atoms with Gasteiger partial charge in [-0.15, -0.1) is 0 Å². The lowest BCUT2D eigenvalue weighted by Crippen LogP contribution is -2.80. The van der Waals surface area contributed by atoms with Crippen molar-refractivity contribution in [2.24, 2.45) is 11.3 Å². The van der Waals surface area contributed by atoms with E-state index in [2.05, 4.69) is 128 Å². The van der Waals surface area contributed by atoms with E-state index in [0.717, 1.165) is 67.6 Å². The number of methoxy groups -OCH3 is 4. The first-order chi connectivity index (χ1) is 66.9. The number of esters is 4. The number of likely N-dealkylation sites (N-methyl/N-ethyl adjacent to an activating group) is 1. The van der Waals surface area contributed by atoms with E-state index in [1.165, 1.54) is 57.6 Å². The highest BCUT2D eigenvalue weighted by Gasteiger charge is 2.78. The molecule has 140 heavy (non-hydrogen) atoms. The number of carbonyl (C=O) groups is 9. The van der Waals surface area contributed by atoms with Crippen molar-refractivity contribution in [2.45, 2.75) is 299 Å². The van der Waals surface area contributed by atoms with E-state index in [9.17, 15) is 58.8 Å². The average molecular weight is 2050 g/mol. The molecule has 0 radical (unpaired) electrons. The summed E-state index contributed by atoms with van der Waals surface area (Å²) in [6.45, 7) is 22.5. The van der Waals surface area contributed by atoms with Gasteiger partial charge in [-0.1, -0.05) is 93.9 Å². The predicted molar refractivity (Wildman–Crippen MR) is 515 cm³/mol. The molecule has 3 amide bonds. The van der Waals surface area contributed by atoms with Gasteiger partial charge in [0.05, 0.1) is 100 Å². The van der Waals surface area contributed by atoms with E-state index in [1.54, 1.807) is 0 Å². The zero-order chi connectivity index (χ0) is 104. The molecule has 794 valence electrons. The quantitative estimate of drug-likeness (QED) is 0.00833. The highest BCUT2D eigenvalue weighted by Crippen LogP contribution is 2.67. The SMILES string of the molecule is CCC(CO)OC(CO)OC.CCC(CO)OC(COC(=O)CCC(=O)NCCCOCCCNC(=O)CBr)OC.CCC(CO)OC(COC(=O)CCC(=O)O)OC.CCC(CO)OC(COC(=O)CCCC(=O)NC(C)C(=O)OCCCCC(=O)[C@]1(O)C2N(C)c3cc(C)c([C@@]4(C)CC5CN(CCc6c4[nH]c4ccccc64)CC(O)(CC)C5)cc3[C@@]23CCN2CC=C[C@](CC)(C23)[C@H]1O)OC.O=C=O. The average Bonchev–Trinajstić information content (AvgIpc) is 1.48. The second-order valence-electron chi connectivity index (χ2n) is 36.3. The van der Waals surface area contributed by atoms with Crippen LogP contribution in [0.25, 0.3) is 10.9 Å². The van der Waals surface area contributed by atoms with Crippen LogP contribution in [0.15, 0.2) is 48.6 Å². The number of carbonyl (C=O) groups excluding carboxylic acids is 10. The second-order valence-corrected chi connectivity index (χ2v) is 36.8. The number of alkyl halides is 1. The molecule has 6 heterocycles. The topological polar surface area (TPSA) is 551 Å². The summed E-state index contributed by atoms with van der Waals surface area (Å²) in [6.07, 6.45) is 6.92. The lowest BCUT2D eigenvalue weighted by atomic mass is 9.47. The number of aliphatic carboxylic acids is 1. The molecule has 1 aromatic heterocycles. The number of unbranched alkanes of at least 4 members (excludes halogenated alkanes) is 1. The van der Waals surface area contributed by atoms with Gasteiger partial charge in [-0.2, -0.15) is 9.59 Å². The molecule has 3 fully saturated rings. The maximum Gasteiger partial charge on any atom is 0.373 e. The second kappa shape index (κ2) is 62.7. The van der Waals surface area contributed by atoms with Crippen molar-refractivity contribution in [2.75, 3.05) is 164 Å². The van der Waals surface area contributed by atoms with E-state index < -0.39 is 118 Å². The Morgan fingerprint density at radius 2 is 1.14 bits per heavy atom. The minimum Gasteiger partial charge on any atom is -0.481 e. The van der Waals surface area contributed by atoms with Crippen LogP contribution in [0, 0.1) is 18.3 Å². The number of ketones is 1. The first kappa shape index (κ1) is 123. The van der Waals surface area contributed by atoms with Crippen molar-refractivity contribution in [3.8, 4) is 0 Å². The van der Waals surface area contributed by atoms with Crippen LogP contribution < -0.4 is 20.9 Å². The Hall–Kier alpha value is -7.95. The summed E-state index contributed by atoms with van der Waals surface area (Å²) in [5.74, 6) is -4.34. The number of nitrogens with one attached hydrogen (secondary N) is 4. The lowest BCUT2D eigenvalue weighted by Gasteiger charge is -2.63. The van der Waals surface area contributed by atoms with Gasteiger partial charge in [0, 0.05) is 158 Å². The molecule has 1 spiro atoms. The zero-order valence-electron chi connectivity index (χ0n) is 84.2. The van der Waals surface area contributed by atoms with Crippen molar-refractivity contribution < 1.29 is 160 Å². The summed E-state index contributed by atoms with van der Waals surface area (Å²) in [5, 5.41) is 101. The summed E-state index contributed by atoms with van der Waals surface area (Å²) in [6, 6.07) is 11.4. The van der Waals surface area contributed by atoms with Crippen LogP contribution >= 0.6 is 15.9 Å². The number of H-pyrrole nitrogens is 1. The molecular weight excluding hydrogens is 1900 g/mol. The van der Waals surface area contributed by atoms with E-state index in [-0.39, 0.29) is 171 Å². The zero-order valence-corrected chi connectivity index (χ0v) is 85.7. The number of aromatic amines is 1. The Morgan fingerprint density at radius 1 is 0.607 bits per heavy atom. The first-order valence-electron chi connectivity index (χ1n) is 48.8. The summed E-state index contributed by atoms with van der Waals surface area (Å²) >= 11 is 3.06. The molecule has 9 rings (SSSR count). The van der Waals surface area contributed by atoms with Crippen LogP contribution in [-0.4, -0.2) is 365 Å². The maximum absolute atomic E-state index is 15.2. The number of anilines is 1. The number of rotatable bonds is 57. The number of aliphatic hydroxyl groups is 8. The number of hydrogen-bond acceptors (Lipinski definition) is 35. The molecule has 14 unspecified atom stereocenters. The van der Waals surface area contributed by atoms with Gasteiger partial charge >= 0.3 is 36.0 Å². The molecule has 40 nitrogen and oxygen atoms in total. The number of aromatic nitrogens is 1. The molecule has 1 aliphatic carbocycles. The monoisotopic (exact) mass is 2050 g/mol. The van der Waals surface area contributed by atoms with Crippen LogP contribution in [0.3, 0.4) is 0 Å². The number of piperidine rings is 1. The third kappa shape index (κ3) is 34.9. The van der Waals surface area contributed by atoms with Gasteiger partial charge in [0.25, 0.3) is 0 Å². The number of fused-ring (bicyclic) bond motifs is 6. The van der Waals surface area contributed by atoms with Crippen molar-refractivity contribution in [1.29, 1.82) is 0 Å². The lowest BCUT2D eigenvalue weighted by molar-refractivity contribution is -0.202. The number of carboxylic acid groups (broad SMARTS) is 1. The number of halogens is 1. The molecule has 6 aliphatic rings. The molecular formula is C99H158BrN7O33. The Morgan fingerprint density at radius 3 is 1.66 bits per heavy atom. The molecule has 2 saturated heterocycles. The fraction of sp³-hybridized carbons (Fsp3) is 0.737. The Bertz CT molecular complexity index is 4320. The molecule has 5 aliphatic heterocycles. The van der Waals surface area contributed by atoms with E-state index in [1.807, 2.05) is 34.7 Å². The molecule has 3 aromatic rings. The van der Waals surface area contributed by atoms with E-state index >= 15 is 4.79 Å². The third-order valence-electron chi connectivity index (χ3n) is 26.8. The molecule has 2 bridgehead atoms. The number of Topliss-reactive ketones (excluding diaryl/α,β-unsaturated/α-hetero) is 1. The van der Waals surface area contributed by atoms with Gasteiger partial charge in [-0.05, 0) is 164 Å². The fourth-order valence-corrected chi connectivity index (χ4v) is 19.7. The van der Waals surface area contributed by atoms with Gasteiger partial charge in [-0.3, -0.25) is 48.2 Å². The summed E-state index contributed by atoms with van der Waals surface area (Å²) in [5.41, 5.74) is 2.93. The minimum absolute atomic E-state index is 0.0183. The van der Waals surface area contributed by atoms with Gasteiger partial charge in [0.2, 0.25) is 17.7 Å². The van der Waals surface area contributed by atoms with E-state index in [4.69, 9.17) is 96.7 Å². The number of carboxylic acids is 1. The van der Waals surface area contributed by atoms with Crippen LogP contribution in [0.1, 0.15) is 218 Å². The Kier molecular flexibility index (Phi) is 54.9. The smallest absolute Gasteiger partial charge is 0.373 e. The first-order valence-corrected chi connectivity index (χ1v) is 49.9. The van der Waals surface area contributed by atoms with Crippen molar-refractivity contribution in [1.82, 2.24) is 30.7 Å². The van der Waals surface area contributed by atoms with Gasteiger partial charge in [-0.25, -0.2) is 4.79 Å². The normalized spacial score (nSPS) is 23.8. The largest absolute Gasteiger partial charge is 0.481 e. The number of ether oxygens (including phenoxy) is 13. The number of nitrogens with zero attached hydrogens (tertiary/aromatic N) is 3.